The molecule has 0 radical (unpaired) electrons. The molecule has 2 aromatic rings. The topological polar surface area (TPSA) is 44.1 Å². The molecule has 13 heteroatoms. The smallest absolute Gasteiger partial charge is 0.459 e. The fourth-order valence-electron chi connectivity index (χ4n) is 3.11. The summed E-state index contributed by atoms with van der Waals surface area (Å²) in [5, 5.41) is 0. The van der Waals surface area contributed by atoms with Crippen LogP contribution in [0.25, 0.3) is 0 Å². The Kier molecular flexibility index (Phi) is 7.98. The highest BCUT2D eigenvalue weighted by molar-refractivity contribution is 5.65. The van der Waals surface area contributed by atoms with E-state index < -0.39 is 47.9 Å². The minimum Gasteiger partial charge on any atom is -0.459 e. The lowest BCUT2D eigenvalue weighted by Gasteiger charge is -2.33. The van der Waals surface area contributed by atoms with Crippen LogP contribution in [-0.2, 0) is 35.0 Å². The predicted octanol–water partition coefficient (Wildman–Crippen LogP) is 6.26. The first-order chi connectivity index (χ1) is 15.6. The van der Waals surface area contributed by atoms with Crippen molar-refractivity contribution in [2.75, 3.05) is 0 Å². The van der Waals surface area contributed by atoms with Crippen LogP contribution >= 0.6 is 0 Å². The van der Waals surface area contributed by atoms with Gasteiger partial charge in [0.25, 0.3) is 0 Å². The van der Waals surface area contributed by atoms with Crippen LogP contribution in [0.4, 0.5) is 39.5 Å². The van der Waals surface area contributed by atoms with Gasteiger partial charge >= 0.3 is 29.9 Å². The van der Waals surface area contributed by atoms with Crippen LogP contribution in [0.2, 0.25) is 0 Å². The van der Waals surface area contributed by atoms with Crippen LogP contribution in [-0.4, -0.2) is 33.5 Å². The van der Waals surface area contributed by atoms with E-state index in [1.165, 1.54) is 0 Å². The third-order valence-electron chi connectivity index (χ3n) is 4.94. The first-order valence-corrected chi connectivity index (χ1v) is 10.0. The molecule has 0 atom stereocenters. The lowest BCUT2D eigenvalue weighted by atomic mass is 9.99. The number of aromatic nitrogens is 2. The molecule has 190 valence electrons. The summed E-state index contributed by atoms with van der Waals surface area (Å²) in [5.74, 6) is -21.3. The Hall–Kier alpha value is -2.73. The zero-order chi connectivity index (χ0) is 25.9. The van der Waals surface area contributed by atoms with Gasteiger partial charge in [0.2, 0.25) is 0 Å². The molecule has 0 saturated heterocycles. The van der Waals surface area contributed by atoms with Crippen molar-refractivity contribution < 1.29 is 49.0 Å². The third kappa shape index (κ3) is 5.17. The van der Waals surface area contributed by atoms with Crippen LogP contribution in [0, 0.1) is 0 Å². The number of nitrogens with zero attached hydrogens (tertiary/aromatic N) is 2. The van der Waals surface area contributed by atoms with Gasteiger partial charge in [-0.15, -0.1) is 0 Å². The Bertz CT molecular complexity index is 986. The number of unbranched alkanes of at least 4 members (excludes halogenated alkanes) is 1. The predicted molar refractivity (Wildman–Crippen MR) is 102 cm³/mol. The summed E-state index contributed by atoms with van der Waals surface area (Å²) in [6.45, 7) is 1.23. The summed E-state index contributed by atoms with van der Waals surface area (Å²) in [5.41, 5.74) is -2.46. The molecule has 0 amide bonds. The summed E-state index contributed by atoms with van der Waals surface area (Å²) in [7, 11) is 0. The largest absolute Gasteiger partial charge is 0.460 e. The van der Waals surface area contributed by atoms with Gasteiger partial charge in [0.15, 0.2) is 0 Å². The Morgan fingerprint density at radius 2 is 1.56 bits per heavy atom. The number of ether oxygens (including phenoxy) is 1. The van der Waals surface area contributed by atoms with Gasteiger partial charge in [-0.25, -0.2) is 4.98 Å². The molecule has 0 spiro atoms. The van der Waals surface area contributed by atoms with Crippen molar-refractivity contribution in [3.63, 3.8) is 0 Å². The van der Waals surface area contributed by atoms with Crippen molar-refractivity contribution in [3.05, 3.63) is 53.1 Å². The molecule has 0 fully saturated rings. The number of carbonyl (C=O) groups excluding carboxylic acids is 1. The molecule has 2 rings (SSSR count). The summed E-state index contributed by atoms with van der Waals surface area (Å²) >= 11 is 0. The number of benzene rings is 1. The maximum Gasteiger partial charge on any atom is 0.460 e. The van der Waals surface area contributed by atoms with E-state index in [-0.39, 0.29) is 18.8 Å². The first kappa shape index (κ1) is 27.5. The highest BCUT2D eigenvalue weighted by atomic mass is 19.4. The van der Waals surface area contributed by atoms with Gasteiger partial charge in [-0.1, -0.05) is 43.7 Å². The Morgan fingerprint density at radius 3 is 2.06 bits per heavy atom. The maximum atomic E-state index is 14.9. The van der Waals surface area contributed by atoms with Gasteiger partial charge in [0, 0.05) is 19.9 Å². The number of hydrogen-bond donors (Lipinski definition) is 0. The average molecular weight is 504 g/mol. The van der Waals surface area contributed by atoms with E-state index in [0.717, 1.165) is 11.5 Å². The quantitative estimate of drug-likeness (QED) is 0.283. The number of alkyl halides is 9. The van der Waals surface area contributed by atoms with Gasteiger partial charge in [0.05, 0.1) is 5.69 Å². The molecule has 4 nitrogen and oxygen atoms in total. The Labute approximate surface area is 188 Å². The van der Waals surface area contributed by atoms with E-state index in [1.807, 2.05) is 0 Å². The molecule has 0 aliphatic carbocycles. The molecule has 1 aromatic carbocycles. The summed E-state index contributed by atoms with van der Waals surface area (Å²) in [6, 6.07) is 7.88. The van der Waals surface area contributed by atoms with E-state index in [2.05, 4.69) is 9.72 Å². The normalized spacial score (nSPS) is 13.3. The summed E-state index contributed by atoms with van der Waals surface area (Å²) in [4.78, 5) is 14.7. The minimum absolute atomic E-state index is 0.0757. The minimum atomic E-state index is -7.07. The number of halogens is 9. The zero-order valence-electron chi connectivity index (χ0n) is 18.0. The molecule has 0 aliphatic rings. The molecule has 34 heavy (non-hydrogen) atoms. The van der Waals surface area contributed by atoms with Crippen LogP contribution in [0.15, 0.2) is 30.3 Å². The van der Waals surface area contributed by atoms with Crippen molar-refractivity contribution in [3.8, 4) is 0 Å². The Balaban J connectivity index is 2.75. The molecule has 0 unspecified atom stereocenters. The van der Waals surface area contributed by atoms with E-state index in [9.17, 15) is 44.3 Å². The van der Waals surface area contributed by atoms with Crippen LogP contribution in [0.5, 0.6) is 0 Å². The van der Waals surface area contributed by atoms with Crippen LogP contribution in [0.1, 0.15) is 49.5 Å². The van der Waals surface area contributed by atoms with E-state index in [4.69, 9.17) is 0 Å². The van der Waals surface area contributed by atoms with E-state index >= 15 is 0 Å². The number of rotatable bonds is 10. The van der Waals surface area contributed by atoms with Gasteiger partial charge in [-0.05, 0) is 12.0 Å². The highest BCUT2D eigenvalue weighted by Crippen LogP contribution is 2.57. The molecule has 1 heterocycles. The molecule has 0 N–H and O–H groups in total. The van der Waals surface area contributed by atoms with Crippen LogP contribution in [0.3, 0.4) is 0 Å². The van der Waals surface area contributed by atoms with Crippen molar-refractivity contribution in [2.45, 2.75) is 70.2 Å². The van der Waals surface area contributed by atoms with Gasteiger partial charge in [-0.3, -0.25) is 4.79 Å². The molecule has 0 saturated carbocycles. The lowest BCUT2D eigenvalue weighted by Crippen LogP contribution is -2.59. The number of esters is 1. The second kappa shape index (κ2) is 9.87. The summed E-state index contributed by atoms with van der Waals surface area (Å²) < 4.78 is 129. The summed E-state index contributed by atoms with van der Waals surface area (Å²) in [6.07, 6.45) is -6.22. The van der Waals surface area contributed by atoms with E-state index in [1.54, 1.807) is 37.3 Å². The molecular formula is C21H21F9N2O2. The maximum absolute atomic E-state index is 14.9. The van der Waals surface area contributed by atoms with Crippen molar-refractivity contribution in [1.29, 1.82) is 0 Å². The average Bonchev–Trinajstić information content (AvgIpc) is 3.08. The fraction of sp³-hybridized carbons (Fsp3) is 0.524. The number of aryl methyl sites for hydroxylation is 1. The zero-order valence-corrected chi connectivity index (χ0v) is 18.0. The molecular weight excluding hydrogens is 483 g/mol. The molecule has 0 aliphatic heterocycles. The van der Waals surface area contributed by atoms with Gasteiger partial charge in [0.1, 0.15) is 18.1 Å². The van der Waals surface area contributed by atoms with Crippen molar-refractivity contribution in [1.82, 2.24) is 9.55 Å². The van der Waals surface area contributed by atoms with Crippen LogP contribution < -0.4 is 0 Å². The second-order valence-corrected chi connectivity index (χ2v) is 7.50. The van der Waals surface area contributed by atoms with E-state index in [0.29, 0.717) is 18.4 Å². The monoisotopic (exact) mass is 504 g/mol. The number of hydrogen-bond acceptors (Lipinski definition) is 3. The molecule has 0 bridgehead atoms. The SMILES string of the molecule is CCCCc1nc(C(F)(F)C(F)(F)C(F)(F)C(F)(F)F)c(COC(C)=O)n1Cc1ccccc1. The lowest BCUT2D eigenvalue weighted by molar-refractivity contribution is -0.400. The van der Waals surface area contributed by atoms with Gasteiger partial charge < -0.3 is 9.30 Å². The highest BCUT2D eigenvalue weighted by Gasteiger charge is 2.82. The van der Waals surface area contributed by atoms with Crippen molar-refractivity contribution >= 4 is 5.97 Å². The van der Waals surface area contributed by atoms with Crippen molar-refractivity contribution in [2.24, 2.45) is 0 Å². The number of imidazole rings is 1. The molecule has 1 aromatic heterocycles. The fourth-order valence-corrected chi connectivity index (χ4v) is 3.11. The third-order valence-corrected chi connectivity index (χ3v) is 4.94. The number of carbonyl (C=O) groups is 1. The second-order valence-electron chi connectivity index (χ2n) is 7.50. The Morgan fingerprint density at radius 1 is 0.971 bits per heavy atom. The standard InChI is InChI=1S/C21H21F9N2O2/c1-3-4-10-16-31-17(18(22,23)19(24,25)20(26,27)21(28,29)30)15(12-34-13(2)33)32(16)11-14-8-6-5-7-9-14/h5-9H,3-4,10-12H2,1-2H3. The van der Waals surface area contributed by atoms with Gasteiger partial charge in [-0.2, -0.15) is 39.5 Å². The first-order valence-electron chi connectivity index (χ1n) is 10.0.